The number of methoxy groups -OCH3 is 1. The van der Waals surface area contributed by atoms with Crippen molar-refractivity contribution in [1.82, 2.24) is 10.2 Å². The van der Waals surface area contributed by atoms with Gasteiger partial charge < -0.3 is 9.64 Å². The fourth-order valence-electron chi connectivity index (χ4n) is 3.74. The van der Waals surface area contributed by atoms with Crippen molar-refractivity contribution >= 4 is 5.91 Å². The first kappa shape index (κ1) is 15.8. The van der Waals surface area contributed by atoms with Crippen LogP contribution in [-0.2, 0) is 9.53 Å². The van der Waals surface area contributed by atoms with E-state index >= 15 is 0 Å². The summed E-state index contributed by atoms with van der Waals surface area (Å²) in [7, 11) is 1.73. The molecule has 0 aromatic heterocycles. The van der Waals surface area contributed by atoms with Crippen LogP contribution in [-0.4, -0.2) is 43.3 Å². The van der Waals surface area contributed by atoms with Gasteiger partial charge in [-0.3, -0.25) is 10.1 Å². The van der Waals surface area contributed by atoms with Crippen molar-refractivity contribution in [3.63, 3.8) is 0 Å². The summed E-state index contributed by atoms with van der Waals surface area (Å²) < 4.78 is 5.23. The molecule has 0 radical (unpaired) electrons. The van der Waals surface area contributed by atoms with E-state index in [4.69, 9.17) is 4.74 Å². The summed E-state index contributed by atoms with van der Waals surface area (Å²) in [6, 6.07) is 0.0420. The topological polar surface area (TPSA) is 41.6 Å². The van der Waals surface area contributed by atoms with E-state index in [-0.39, 0.29) is 12.2 Å². The first-order chi connectivity index (χ1) is 9.67. The molecular weight excluding hydrogens is 252 g/mol. The van der Waals surface area contributed by atoms with Crippen LogP contribution in [0.3, 0.4) is 0 Å². The number of carbonyl (C=O) groups excluding carboxylic acids is 1. The molecular formula is C16H30N2O2. The quantitative estimate of drug-likeness (QED) is 0.779. The summed E-state index contributed by atoms with van der Waals surface area (Å²) in [6.07, 6.45) is 7.44. The molecule has 4 nitrogen and oxygen atoms in total. The van der Waals surface area contributed by atoms with Gasteiger partial charge in [-0.2, -0.15) is 0 Å². The zero-order valence-electron chi connectivity index (χ0n) is 13.2. The Hall–Kier alpha value is -0.610. The fourth-order valence-corrected chi connectivity index (χ4v) is 3.74. The minimum atomic E-state index is 0.0420. The van der Waals surface area contributed by atoms with Crippen molar-refractivity contribution in [2.45, 2.75) is 64.6 Å². The van der Waals surface area contributed by atoms with Crippen LogP contribution in [0.2, 0.25) is 0 Å². The van der Waals surface area contributed by atoms with Crippen LogP contribution in [0, 0.1) is 11.8 Å². The summed E-state index contributed by atoms with van der Waals surface area (Å²) in [4.78, 5) is 14.7. The summed E-state index contributed by atoms with van der Waals surface area (Å²) in [6.45, 7) is 5.85. The van der Waals surface area contributed by atoms with Gasteiger partial charge in [0.2, 0.25) is 5.91 Å². The van der Waals surface area contributed by atoms with Gasteiger partial charge in [0.05, 0.1) is 18.8 Å². The maximum absolute atomic E-state index is 12.6. The van der Waals surface area contributed by atoms with Crippen LogP contribution in [0.4, 0.5) is 0 Å². The fraction of sp³-hybridized carbons (Fsp3) is 0.938. The second kappa shape index (κ2) is 7.41. The summed E-state index contributed by atoms with van der Waals surface area (Å²) in [5.74, 6) is 1.36. The normalized spacial score (nSPS) is 29.4. The van der Waals surface area contributed by atoms with E-state index in [9.17, 15) is 4.79 Å². The summed E-state index contributed by atoms with van der Waals surface area (Å²) in [5.41, 5.74) is 0. The van der Waals surface area contributed by atoms with Crippen molar-refractivity contribution in [3.8, 4) is 0 Å². The molecule has 2 rings (SSSR count). The van der Waals surface area contributed by atoms with Crippen molar-refractivity contribution in [1.29, 1.82) is 0 Å². The zero-order valence-corrected chi connectivity index (χ0v) is 13.2. The SMILES string of the molecule is CCCC1NC(C2CCCC2)N(CC(C)COC)C1=O. The Morgan fingerprint density at radius 1 is 1.40 bits per heavy atom. The van der Waals surface area contributed by atoms with Crippen LogP contribution < -0.4 is 5.32 Å². The van der Waals surface area contributed by atoms with E-state index in [2.05, 4.69) is 24.1 Å². The molecule has 1 N–H and O–H groups in total. The predicted octanol–water partition coefficient (Wildman–Crippen LogP) is 2.39. The highest BCUT2D eigenvalue weighted by molar-refractivity contribution is 5.84. The van der Waals surface area contributed by atoms with Gasteiger partial charge in [-0.15, -0.1) is 0 Å². The molecule has 0 bridgehead atoms. The molecule has 2 fully saturated rings. The molecule has 3 atom stereocenters. The molecule has 4 heteroatoms. The van der Waals surface area contributed by atoms with Gasteiger partial charge in [0.1, 0.15) is 0 Å². The highest BCUT2D eigenvalue weighted by atomic mass is 16.5. The zero-order chi connectivity index (χ0) is 14.5. The molecule has 3 unspecified atom stereocenters. The first-order valence-electron chi connectivity index (χ1n) is 8.22. The molecule has 1 saturated heterocycles. The van der Waals surface area contributed by atoms with Gasteiger partial charge in [0, 0.05) is 13.7 Å². The van der Waals surface area contributed by atoms with Crippen LogP contribution in [0.1, 0.15) is 52.4 Å². The van der Waals surface area contributed by atoms with Crippen molar-refractivity contribution in [3.05, 3.63) is 0 Å². The Morgan fingerprint density at radius 3 is 2.70 bits per heavy atom. The average Bonchev–Trinajstić information content (AvgIpc) is 3.02. The highest BCUT2D eigenvalue weighted by Gasteiger charge is 2.42. The third-order valence-electron chi connectivity index (χ3n) is 4.67. The summed E-state index contributed by atoms with van der Waals surface area (Å²) >= 11 is 0. The summed E-state index contributed by atoms with van der Waals surface area (Å²) in [5, 5.41) is 3.62. The number of nitrogens with zero attached hydrogens (tertiary/aromatic N) is 1. The van der Waals surface area contributed by atoms with E-state index in [1.807, 2.05) is 0 Å². The lowest BCUT2D eigenvalue weighted by molar-refractivity contribution is -0.131. The van der Waals surface area contributed by atoms with E-state index < -0.39 is 0 Å². The number of nitrogens with one attached hydrogen (secondary N) is 1. The highest BCUT2D eigenvalue weighted by Crippen LogP contribution is 2.33. The lowest BCUT2D eigenvalue weighted by atomic mass is 10.0. The van der Waals surface area contributed by atoms with Gasteiger partial charge >= 0.3 is 0 Å². The van der Waals surface area contributed by atoms with E-state index in [0.717, 1.165) is 26.0 Å². The molecule has 1 aliphatic carbocycles. The maximum Gasteiger partial charge on any atom is 0.241 e. The molecule has 1 amide bonds. The molecule has 1 saturated carbocycles. The van der Waals surface area contributed by atoms with Crippen molar-refractivity contribution in [2.75, 3.05) is 20.3 Å². The average molecular weight is 282 g/mol. The third-order valence-corrected chi connectivity index (χ3v) is 4.67. The van der Waals surface area contributed by atoms with Crippen LogP contribution in [0.5, 0.6) is 0 Å². The Morgan fingerprint density at radius 2 is 2.10 bits per heavy atom. The minimum absolute atomic E-state index is 0.0420. The van der Waals surface area contributed by atoms with Gasteiger partial charge in [-0.25, -0.2) is 0 Å². The smallest absolute Gasteiger partial charge is 0.241 e. The van der Waals surface area contributed by atoms with Gasteiger partial charge in [-0.1, -0.05) is 33.1 Å². The van der Waals surface area contributed by atoms with Crippen molar-refractivity contribution < 1.29 is 9.53 Å². The second-order valence-corrected chi connectivity index (χ2v) is 6.55. The van der Waals surface area contributed by atoms with Gasteiger partial charge in [-0.05, 0) is 31.1 Å². The Kier molecular flexibility index (Phi) is 5.85. The van der Waals surface area contributed by atoms with E-state index in [1.165, 1.54) is 25.7 Å². The molecule has 2 aliphatic rings. The standard InChI is InChI=1S/C16H30N2O2/c1-4-7-14-16(19)18(10-12(2)11-20-3)15(17-14)13-8-5-6-9-13/h12-15,17H,4-11H2,1-3H3. The lowest BCUT2D eigenvalue weighted by Gasteiger charge is -2.31. The molecule has 116 valence electrons. The Labute approximate surface area is 123 Å². The van der Waals surface area contributed by atoms with E-state index in [0.29, 0.717) is 17.7 Å². The minimum Gasteiger partial charge on any atom is -0.384 e. The Balaban J connectivity index is 2.03. The third kappa shape index (κ3) is 3.53. The van der Waals surface area contributed by atoms with Crippen LogP contribution in [0.25, 0.3) is 0 Å². The monoisotopic (exact) mass is 282 g/mol. The van der Waals surface area contributed by atoms with Gasteiger partial charge in [0.25, 0.3) is 0 Å². The molecule has 0 spiro atoms. The molecule has 0 aromatic carbocycles. The van der Waals surface area contributed by atoms with E-state index in [1.54, 1.807) is 7.11 Å². The number of rotatable bonds is 7. The number of amides is 1. The largest absolute Gasteiger partial charge is 0.384 e. The number of carbonyl (C=O) groups is 1. The second-order valence-electron chi connectivity index (χ2n) is 6.55. The molecule has 20 heavy (non-hydrogen) atoms. The number of hydrogen-bond acceptors (Lipinski definition) is 3. The van der Waals surface area contributed by atoms with Crippen molar-refractivity contribution in [2.24, 2.45) is 11.8 Å². The molecule has 1 aliphatic heterocycles. The molecule has 1 heterocycles. The first-order valence-corrected chi connectivity index (χ1v) is 8.22. The van der Waals surface area contributed by atoms with Crippen LogP contribution >= 0.6 is 0 Å². The van der Waals surface area contributed by atoms with Crippen LogP contribution in [0.15, 0.2) is 0 Å². The number of hydrogen-bond donors (Lipinski definition) is 1. The van der Waals surface area contributed by atoms with Gasteiger partial charge in [0.15, 0.2) is 0 Å². The predicted molar refractivity (Wildman–Crippen MR) is 80.3 cm³/mol. The number of ether oxygens (including phenoxy) is 1. The lowest BCUT2D eigenvalue weighted by Crippen LogP contribution is -2.44. The Bertz CT molecular complexity index is 316. The maximum atomic E-state index is 12.6. The molecule has 0 aromatic rings.